The lowest BCUT2D eigenvalue weighted by molar-refractivity contribution is -0.141. The average molecular weight is 510 g/mol. The van der Waals surface area contributed by atoms with Crippen LogP contribution >= 0.6 is 12.4 Å². The van der Waals surface area contributed by atoms with Gasteiger partial charge in [0.25, 0.3) is 0 Å². The van der Waals surface area contributed by atoms with Crippen LogP contribution in [0.25, 0.3) is 0 Å². The SMILES string of the molecule is CNC(C(=O)NC(C(=O)N(C)C(C=C(C)C(=O)O)C(C)C)C(C)(C)C)C(C)(C)c1ccccc1.Cl. The molecule has 0 heterocycles. The van der Waals surface area contributed by atoms with Gasteiger partial charge < -0.3 is 20.6 Å². The van der Waals surface area contributed by atoms with E-state index >= 15 is 0 Å². The van der Waals surface area contributed by atoms with E-state index in [1.165, 1.54) is 6.92 Å². The molecule has 3 unspecified atom stereocenters. The van der Waals surface area contributed by atoms with Gasteiger partial charge in [0, 0.05) is 18.0 Å². The Morgan fingerprint density at radius 1 is 1.00 bits per heavy atom. The molecule has 0 aliphatic rings. The van der Waals surface area contributed by atoms with E-state index in [2.05, 4.69) is 10.6 Å². The van der Waals surface area contributed by atoms with Crippen LogP contribution in [0, 0.1) is 11.3 Å². The summed E-state index contributed by atoms with van der Waals surface area (Å²) in [5.41, 5.74) is 0.0895. The highest BCUT2D eigenvalue weighted by Crippen LogP contribution is 2.29. The highest BCUT2D eigenvalue weighted by atomic mass is 35.5. The molecule has 0 radical (unpaired) electrons. The highest BCUT2D eigenvalue weighted by Gasteiger charge is 2.41. The van der Waals surface area contributed by atoms with E-state index < -0.39 is 34.9 Å². The van der Waals surface area contributed by atoms with E-state index in [1.807, 2.05) is 78.8 Å². The summed E-state index contributed by atoms with van der Waals surface area (Å²) in [5.74, 6) is -1.56. The molecule has 35 heavy (non-hydrogen) atoms. The van der Waals surface area contributed by atoms with Crippen LogP contribution < -0.4 is 10.6 Å². The predicted octanol–water partition coefficient (Wildman–Crippen LogP) is 4.02. The molecule has 0 aliphatic carbocycles. The Balaban J connectivity index is 0.0000116. The van der Waals surface area contributed by atoms with Crippen LogP contribution in [0.3, 0.4) is 0 Å². The van der Waals surface area contributed by atoms with Gasteiger partial charge in [-0.1, -0.05) is 84.9 Å². The highest BCUT2D eigenvalue weighted by molar-refractivity contribution is 5.91. The smallest absolute Gasteiger partial charge is 0.331 e. The molecule has 3 N–H and O–H groups in total. The van der Waals surface area contributed by atoms with Gasteiger partial charge >= 0.3 is 5.97 Å². The molecule has 0 bridgehead atoms. The summed E-state index contributed by atoms with van der Waals surface area (Å²) in [6.45, 7) is 15.1. The van der Waals surface area contributed by atoms with Crippen molar-refractivity contribution in [1.82, 2.24) is 15.5 Å². The molecule has 1 aromatic carbocycles. The van der Waals surface area contributed by atoms with E-state index in [1.54, 1.807) is 25.1 Å². The largest absolute Gasteiger partial charge is 0.478 e. The van der Waals surface area contributed by atoms with Crippen molar-refractivity contribution in [3.63, 3.8) is 0 Å². The van der Waals surface area contributed by atoms with Crippen LogP contribution in [-0.2, 0) is 19.8 Å². The molecule has 1 rings (SSSR count). The minimum Gasteiger partial charge on any atom is -0.478 e. The summed E-state index contributed by atoms with van der Waals surface area (Å²) < 4.78 is 0. The number of hydrogen-bond donors (Lipinski definition) is 3. The molecule has 0 fully saturated rings. The lowest BCUT2D eigenvalue weighted by atomic mass is 9.76. The first-order chi connectivity index (χ1) is 15.5. The number of benzene rings is 1. The number of likely N-dealkylation sites (N-methyl/N-ethyl adjacent to an activating group) is 2. The maximum atomic E-state index is 13.7. The first-order valence-corrected chi connectivity index (χ1v) is 11.8. The van der Waals surface area contributed by atoms with Gasteiger partial charge in [0.1, 0.15) is 6.04 Å². The van der Waals surface area contributed by atoms with Crippen LogP contribution in [0.15, 0.2) is 42.0 Å². The molecular formula is C27H44ClN3O4. The molecule has 0 saturated carbocycles. The average Bonchev–Trinajstić information content (AvgIpc) is 2.74. The number of rotatable bonds is 10. The van der Waals surface area contributed by atoms with Crippen molar-refractivity contribution in [2.24, 2.45) is 11.3 Å². The molecule has 2 amide bonds. The number of nitrogens with zero attached hydrogens (tertiary/aromatic N) is 1. The Labute approximate surface area is 217 Å². The van der Waals surface area contributed by atoms with E-state index in [0.29, 0.717) is 0 Å². The second kappa shape index (κ2) is 13.1. The molecule has 0 aromatic heterocycles. The van der Waals surface area contributed by atoms with E-state index in [-0.39, 0.29) is 35.7 Å². The quantitative estimate of drug-likeness (QED) is 0.414. The fourth-order valence-corrected chi connectivity index (χ4v) is 4.16. The summed E-state index contributed by atoms with van der Waals surface area (Å²) in [6, 6.07) is 7.99. The molecule has 0 spiro atoms. The number of carboxylic acids is 1. The monoisotopic (exact) mass is 509 g/mol. The fraction of sp³-hybridized carbons (Fsp3) is 0.593. The number of amides is 2. The Hall–Kier alpha value is -2.38. The zero-order valence-electron chi connectivity index (χ0n) is 22.8. The molecular weight excluding hydrogens is 466 g/mol. The Kier molecular flexibility index (Phi) is 12.2. The Bertz CT molecular complexity index is 891. The molecule has 1 aromatic rings. The third-order valence-electron chi connectivity index (χ3n) is 6.43. The third kappa shape index (κ3) is 8.36. The Morgan fingerprint density at radius 3 is 1.91 bits per heavy atom. The predicted molar refractivity (Wildman–Crippen MR) is 144 cm³/mol. The third-order valence-corrected chi connectivity index (χ3v) is 6.43. The zero-order valence-corrected chi connectivity index (χ0v) is 23.6. The summed E-state index contributed by atoms with van der Waals surface area (Å²) in [6.07, 6.45) is 1.60. The molecule has 198 valence electrons. The van der Waals surface area contributed by atoms with Crippen LogP contribution in [0.2, 0.25) is 0 Å². The lowest BCUT2D eigenvalue weighted by Crippen LogP contribution is -2.61. The van der Waals surface area contributed by atoms with Gasteiger partial charge in [0.15, 0.2) is 0 Å². The molecule has 0 saturated heterocycles. The second-order valence-electron chi connectivity index (χ2n) is 11.0. The van der Waals surface area contributed by atoms with Crippen molar-refractivity contribution >= 4 is 30.2 Å². The van der Waals surface area contributed by atoms with Gasteiger partial charge in [-0.3, -0.25) is 9.59 Å². The molecule has 0 aliphatic heterocycles. The zero-order chi connectivity index (χ0) is 26.4. The molecule has 8 heteroatoms. The first kappa shape index (κ1) is 32.6. The van der Waals surface area contributed by atoms with E-state index in [4.69, 9.17) is 0 Å². The number of halogens is 1. The van der Waals surface area contributed by atoms with Crippen LogP contribution in [0.4, 0.5) is 0 Å². The number of carbonyl (C=O) groups excluding carboxylic acids is 2. The number of nitrogens with one attached hydrogen (secondary N) is 2. The topological polar surface area (TPSA) is 98.7 Å². The van der Waals surface area contributed by atoms with Crippen LogP contribution in [0.1, 0.15) is 61.0 Å². The minimum atomic E-state index is -1.02. The van der Waals surface area contributed by atoms with Gasteiger partial charge in [-0.2, -0.15) is 0 Å². The number of aliphatic carboxylic acids is 1. The second-order valence-corrected chi connectivity index (χ2v) is 11.0. The van der Waals surface area contributed by atoms with Crippen molar-refractivity contribution in [2.75, 3.05) is 14.1 Å². The minimum absolute atomic E-state index is 0. The summed E-state index contributed by atoms with van der Waals surface area (Å²) in [7, 11) is 3.40. The van der Waals surface area contributed by atoms with Crippen molar-refractivity contribution in [2.45, 2.75) is 78.9 Å². The van der Waals surface area contributed by atoms with Crippen molar-refractivity contribution < 1.29 is 19.5 Å². The normalized spacial score (nSPS) is 15.0. The fourth-order valence-electron chi connectivity index (χ4n) is 4.16. The first-order valence-electron chi connectivity index (χ1n) is 11.8. The summed E-state index contributed by atoms with van der Waals surface area (Å²) in [4.78, 5) is 40.1. The van der Waals surface area contributed by atoms with E-state index in [9.17, 15) is 19.5 Å². The maximum Gasteiger partial charge on any atom is 0.331 e. The van der Waals surface area contributed by atoms with Crippen molar-refractivity contribution in [3.8, 4) is 0 Å². The summed E-state index contributed by atoms with van der Waals surface area (Å²) in [5, 5.41) is 15.5. The maximum absolute atomic E-state index is 13.7. The van der Waals surface area contributed by atoms with Crippen molar-refractivity contribution in [3.05, 3.63) is 47.5 Å². The van der Waals surface area contributed by atoms with Crippen LogP contribution in [0.5, 0.6) is 0 Å². The number of hydrogen-bond acceptors (Lipinski definition) is 4. The van der Waals surface area contributed by atoms with Gasteiger partial charge in [0.05, 0.1) is 12.1 Å². The molecule has 3 atom stereocenters. The van der Waals surface area contributed by atoms with Gasteiger partial charge in [-0.15, -0.1) is 12.4 Å². The van der Waals surface area contributed by atoms with Gasteiger partial charge in [-0.05, 0) is 30.9 Å². The van der Waals surface area contributed by atoms with Crippen molar-refractivity contribution in [1.29, 1.82) is 0 Å². The van der Waals surface area contributed by atoms with E-state index in [0.717, 1.165) is 5.56 Å². The van der Waals surface area contributed by atoms with Gasteiger partial charge in [-0.25, -0.2) is 4.79 Å². The number of carboxylic acid groups (broad SMARTS) is 1. The van der Waals surface area contributed by atoms with Gasteiger partial charge in [0.2, 0.25) is 11.8 Å². The molecule has 7 nitrogen and oxygen atoms in total. The Morgan fingerprint density at radius 2 is 1.51 bits per heavy atom. The van der Waals surface area contributed by atoms with Crippen LogP contribution in [-0.4, -0.2) is 60.0 Å². The lowest BCUT2D eigenvalue weighted by Gasteiger charge is -2.39. The summed E-state index contributed by atoms with van der Waals surface area (Å²) >= 11 is 0. The standard InChI is InChI=1S/C27H43N3O4.ClH/c1-17(2)20(16-18(3)25(33)34)30(10)24(32)22(26(4,5)6)29-23(31)21(28-9)27(7,8)19-14-12-11-13-15-19;/h11-17,20-22,28H,1-10H3,(H,29,31)(H,33,34);1H. The number of carbonyl (C=O) groups is 3.